The highest BCUT2D eigenvalue weighted by Crippen LogP contribution is 2.31. The molecule has 0 N–H and O–H groups in total. The SMILES string of the molecule is COCCN(Cc1cccc(OS(=O)(=O)c2cccc(C(F)(F)F)c2)c1)S(=O)(=O)c1ccccc1. The van der Waals surface area contributed by atoms with E-state index in [2.05, 4.69) is 0 Å². The van der Waals surface area contributed by atoms with E-state index in [1.54, 1.807) is 24.3 Å². The van der Waals surface area contributed by atoms with Crippen molar-refractivity contribution in [2.75, 3.05) is 20.3 Å². The number of ether oxygens (including phenoxy) is 1. The van der Waals surface area contributed by atoms with E-state index in [1.165, 1.54) is 41.7 Å². The molecule has 0 atom stereocenters. The van der Waals surface area contributed by atoms with Gasteiger partial charge in [-0.05, 0) is 48.0 Å². The molecule has 3 aromatic rings. The Hall–Kier alpha value is -2.93. The molecule has 3 aromatic carbocycles. The van der Waals surface area contributed by atoms with Crippen LogP contribution >= 0.6 is 0 Å². The summed E-state index contributed by atoms with van der Waals surface area (Å²) in [5.74, 6) is -0.177. The second kappa shape index (κ2) is 10.8. The van der Waals surface area contributed by atoms with Crippen LogP contribution in [-0.2, 0) is 37.6 Å². The zero-order valence-corrected chi connectivity index (χ0v) is 20.1. The van der Waals surface area contributed by atoms with Crippen LogP contribution < -0.4 is 4.18 Å². The summed E-state index contributed by atoms with van der Waals surface area (Å²) in [5.41, 5.74) is -0.729. The fourth-order valence-electron chi connectivity index (χ4n) is 3.12. The first-order valence-electron chi connectivity index (χ1n) is 10.2. The summed E-state index contributed by atoms with van der Waals surface area (Å²) in [6, 6.07) is 16.6. The molecule has 35 heavy (non-hydrogen) atoms. The maximum Gasteiger partial charge on any atom is 0.416 e. The topological polar surface area (TPSA) is 90.0 Å². The lowest BCUT2D eigenvalue weighted by atomic mass is 10.2. The molecule has 0 aliphatic heterocycles. The quantitative estimate of drug-likeness (QED) is 0.364. The lowest BCUT2D eigenvalue weighted by molar-refractivity contribution is -0.137. The standard InChI is InChI=1S/C23H22F3NO6S2/c1-32-14-13-27(34(28,29)21-10-3-2-4-11-21)17-18-7-5-9-20(15-18)33-35(30,31)22-12-6-8-19(16-22)23(24,25)26/h2-12,15-16H,13-14,17H2,1H3. The summed E-state index contributed by atoms with van der Waals surface area (Å²) in [7, 11) is -7.04. The van der Waals surface area contributed by atoms with Gasteiger partial charge in [0.25, 0.3) is 0 Å². The average Bonchev–Trinajstić information content (AvgIpc) is 2.82. The number of hydrogen-bond acceptors (Lipinski definition) is 6. The molecular formula is C23H22F3NO6S2. The summed E-state index contributed by atoms with van der Waals surface area (Å²) >= 11 is 0. The van der Waals surface area contributed by atoms with Crippen LogP contribution in [-0.4, -0.2) is 41.4 Å². The van der Waals surface area contributed by atoms with Crippen molar-refractivity contribution in [2.24, 2.45) is 0 Å². The van der Waals surface area contributed by atoms with E-state index in [-0.39, 0.29) is 30.3 Å². The van der Waals surface area contributed by atoms with Gasteiger partial charge >= 0.3 is 16.3 Å². The van der Waals surface area contributed by atoms with Crippen LogP contribution in [0.2, 0.25) is 0 Å². The fourth-order valence-corrected chi connectivity index (χ4v) is 5.52. The Bertz CT molecular complexity index is 1360. The Morgan fingerprint density at radius 1 is 0.829 bits per heavy atom. The second-order valence-electron chi connectivity index (χ2n) is 7.35. The maximum absolute atomic E-state index is 13.1. The molecule has 0 fully saturated rings. The number of halogens is 3. The van der Waals surface area contributed by atoms with Crippen molar-refractivity contribution in [1.29, 1.82) is 0 Å². The normalized spacial score (nSPS) is 12.6. The van der Waals surface area contributed by atoms with Crippen molar-refractivity contribution >= 4 is 20.1 Å². The summed E-state index contributed by atoms with van der Waals surface area (Å²) < 4.78 is 102. The number of benzene rings is 3. The van der Waals surface area contributed by atoms with Crippen LogP contribution in [0.5, 0.6) is 5.75 Å². The Balaban J connectivity index is 1.86. The third-order valence-corrected chi connectivity index (χ3v) is 7.94. The van der Waals surface area contributed by atoms with E-state index >= 15 is 0 Å². The number of rotatable bonds is 10. The molecule has 0 saturated carbocycles. The minimum Gasteiger partial charge on any atom is -0.383 e. The van der Waals surface area contributed by atoms with Gasteiger partial charge in [-0.15, -0.1) is 0 Å². The molecule has 7 nitrogen and oxygen atoms in total. The number of methoxy groups -OCH3 is 1. The summed E-state index contributed by atoms with van der Waals surface area (Å²) in [6.07, 6.45) is -4.72. The van der Waals surface area contributed by atoms with E-state index in [4.69, 9.17) is 8.92 Å². The fraction of sp³-hybridized carbons (Fsp3) is 0.217. The monoisotopic (exact) mass is 529 g/mol. The minimum atomic E-state index is -4.72. The van der Waals surface area contributed by atoms with Gasteiger partial charge in [-0.1, -0.05) is 36.4 Å². The summed E-state index contributed by atoms with van der Waals surface area (Å²) in [4.78, 5) is -0.582. The largest absolute Gasteiger partial charge is 0.416 e. The zero-order valence-electron chi connectivity index (χ0n) is 18.5. The summed E-state index contributed by atoms with van der Waals surface area (Å²) in [6.45, 7) is 0.0227. The Kier molecular flexibility index (Phi) is 8.21. The van der Waals surface area contributed by atoms with Gasteiger partial charge in [-0.3, -0.25) is 0 Å². The number of nitrogens with zero attached hydrogens (tertiary/aromatic N) is 1. The van der Waals surface area contributed by atoms with Crippen LogP contribution in [0.15, 0.2) is 88.7 Å². The van der Waals surface area contributed by atoms with Crippen molar-refractivity contribution in [1.82, 2.24) is 4.31 Å². The zero-order chi connectivity index (χ0) is 25.7. The smallest absolute Gasteiger partial charge is 0.383 e. The van der Waals surface area contributed by atoms with Gasteiger partial charge in [0.05, 0.1) is 17.1 Å². The average molecular weight is 530 g/mol. The molecule has 0 amide bonds. The molecule has 0 aliphatic carbocycles. The van der Waals surface area contributed by atoms with E-state index in [1.807, 2.05) is 0 Å². The lowest BCUT2D eigenvalue weighted by Gasteiger charge is -2.22. The highest BCUT2D eigenvalue weighted by Gasteiger charge is 2.32. The second-order valence-corrected chi connectivity index (χ2v) is 10.8. The Labute approximate surface area is 201 Å². The van der Waals surface area contributed by atoms with Crippen LogP contribution in [0.25, 0.3) is 0 Å². The van der Waals surface area contributed by atoms with Gasteiger partial charge in [-0.2, -0.15) is 25.9 Å². The van der Waals surface area contributed by atoms with Crippen LogP contribution in [0, 0.1) is 0 Å². The first kappa shape index (κ1) is 26.7. The van der Waals surface area contributed by atoms with Crippen molar-refractivity contribution in [2.45, 2.75) is 22.5 Å². The van der Waals surface area contributed by atoms with E-state index in [0.717, 1.165) is 18.2 Å². The van der Waals surface area contributed by atoms with E-state index in [0.29, 0.717) is 11.6 Å². The van der Waals surface area contributed by atoms with Crippen LogP contribution in [0.1, 0.15) is 11.1 Å². The van der Waals surface area contributed by atoms with Crippen molar-refractivity contribution in [3.63, 3.8) is 0 Å². The molecule has 0 spiro atoms. The first-order valence-corrected chi connectivity index (χ1v) is 13.0. The minimum absolute atomic E-state index is 0.0291. The van der Waals surface area contributed by atoms with Gasteiger partial charge < -0.3 is 8.92 Å². The Morgan fingerprint density at radius 3 is 2.14 bits per heavy atom. The molecule has 0 aliphatic rings. The molecule has 0 radical (unpaired) electrons. The highest BCUT2D eigenvalue weighted by atomic mass is 32.2. The van der Waals surface area contributed by atoms with E-state index < -0.39 is 36.8 Å². The molecule has 188 valence electrons. The Morgan fingerprint density at radius 2 is 1.49 bits per heavy atom. The number of hydrogen-bond donors (Lipinski definition) is 0. The molecule has 12 heteroatoms. The molecule has 0 bridgehead atoms. The predicted octanol–water partition coefficient (Wildman–Crippen LogP) is 4.31. The molecule has 0 unspecified atom stereocenters. The number of sulfonamides is 1. The van der Waals surface area contributed by atoms with E-state index in [9.17, 15) is 30.0 Å². The molecule has 0 saturated heterocycles. The molecule has 0 aromatic heterocycles. The van der Waals surface area contributed by atoms with Gasteiger partial charge in [-0.25, -0.2) is 8.42 Å². The van der Waals surface area contributed by atoms with Crippen LogP contribution in [0.3, 0.4) is 0 Å². The third kappa shape index (κ3) is 6.82. The van der Waals surface area contributed by atoms with Gasteiger partial charge in [0.15, 0.2) is 0 Å². The molecule has 0 heterocycles. The molecule has 3 rings (SSSR count). The van der Waals surface area contributed by atoms with Crippen molar-refractivity contribution in [3.8, 4) is 5.75 Å². The van der Waals surface area contributed by atoms with Gasteiger partial charge in [0.2, 0.25) is 10.0 Å². The first-order chi connectivity index (χ1) is 16.4. The van der Waals surface area contributed by atoms with Crippen LogP contribution in [0.4, 0.5) is 13.2 Å². The molecular weight excluding hydrogens is 507 g/mol. The third-order valence-electron chi connectivity index (χ3n) is 4.84. The highest BCUT2D eigenvalue weighted by molar-refractivity contribution is 7.89. The number of alkyl halides is 3. The van der Waals surface area contributed by atoms with Gasteiger partial charge in [0, 0.05) is 20.2 Å². The van der Waals surface area contributed by atoms with Crippen molar-refractivity contribution < 1.29 is 38.9 Å². The van der Waals surface area contributed by atoms with Gasteiger partial charge in [0.1, 0.15) is 10.6 Å². The van der Waals surface area contributed by atoms with Crippen molar-refractivity contribution in [3.05, 3.63) is 90.0 Å². The lowest BCUT2D eigenvalue weighted by Crippen LogP contribution is -2.33. The summed E-state index contributed by atoms with van der Waals surface area (Å²) in [5, 5.41) is 0. The predicted molar refractivity (Wildman–Crippen MR) is 122 cm³/mol. The maximum atomic E-state index is 13.1.